The van der Waals surface area contributed by atoms with Gasteiger partial charge in [-0.25, -0.2) is 14.0 Å². The van der Waals surface area contributed by atoms with Crippen molar-refractivity contribution in [1.82, 2.24) is 9.55 Å². The first-order valence-corrected chi connectivity index (χ1v) is 10.1. The zero-order chi connectivity index (χ0) is 21.0. The van der Waals surface area contributed by atoms with Crippen molar-refractivity contribution >= 4 is 11.9 Å². The number of hydrogen-bond donors (Lipinski definition) is 3. The van der Waals surface area contributed by atoms with Gasteiger partial charge in [0.15, 0.2) is 17.9 Å². The number of aliphatic hydroxyl groups excluding tert-OH is 2. The number of carbonyl (C=O) groups is 1. The molecule has 2 fully saturated rings. The van der Waals surface area contributed by atoms with E-state index in [4.69, 9.17) is 9.47 Å². The fourth-order valence-corrected chi connectivity index (χ4v) is 3.92. The van der Waals surface area contributed by atoms with Crippen LogP contribution in [0.25, 0.3) is 0 Å². The Morgan fingerprint density at radius 2 is 2.07 bits per heavy atom. The number of amides is 1. The molecular weight excluding hydrogens is 385 g/mol. The van der Waals surface area contributed by atoms with Gasteiger partial charge in [-0.2, -0.15) is 4.98 Å². The third-order valence-corrected chi connectivity index (χ3v) is 5.59. The Balaban J connectivity index is 1.52. The van der Waals surface area contributed by atoms with Crippen molar-refractivity contribution in [1.29, 1.82) is 0 Å². The first-order chi connectivity index (χ1) is 13.9. The van der Waals surface area contributed by atoms with Gasteiger partial charge in [0, 0.05) is 0 Å². The van der Waals surface area contributed by atoms with E-state index in [-0.39, 0.29) is 6.61 Å². The highest BCUT2D eigenvalue weighted by Gasteiger charge is 2.42. The van der Waals surface area contributed by atoms with Gasteiger partial charge < -0.3 is 19.7 Å². The van der Waals surface area contributed by atoms with E-state index in [9.17, 15) is 24.2 Å². The molecule has 29 heavy (non-hydrogen) atoms. The van der Waals surface area contributed by atoms with Gasteiger partial charge in [-0.05, 0) is 25.7 Å². The summed E-state index contributed by atoms with van der Waals surface area (Å²) in [7, 11) is 0. The Kier molecular flexibility index (Phi) is 7.20. The van der Waals surface area contributed by atoms with Crippen LogP contribution in [0.2, 0.25) is 0 Å². The van der Waals surface area contributed by atoms with Crippen LogP contribution in [0.4, 0.5) is 15.0 Å². The Hall–Kier alpha value is -2.04. The summed E-state index contributed by atoms with van der Waals surface area (Å²) in [4.78, 5) is 27.5. The zero-order valence-electron chi connectivity index (χ0n) is 16.4. The number of nitrogens with one attached hydrogen (secondary N) is 1. The maximum Gasteiger partial charge on any atom is 0.412 e. The van der Waals surface area contributed by atoms with Crippen molar-refractivity contribution in [3.05, 3.63) is 22.5 Å². The second-order valence-corrected chi connectivity index (χ2v) is 7.75. The fourth-order valence-electron chi connectivity index (χ4n) is 3.92. The zero-order valence-corrected chi connectivity index (χ0v) is 16.4. The quantitative estimate of drug-likeness (QED) is 0.609. The molecule has 0 aromatic carbocycles. The van der Waals surface area contributed by atoms with E-state index in [1.165, 1.54) is 39.0 Å². The Morgan fingerprint density at radius 3 is 2.72 bits per heavy atom. The normalized spacial score (nSPS) is 27.7. The van der Waals surface area contributed by atoms with Gasteiger partial charge in [-0.1, -0.05) is 32.1 Å². The average molecular weight is 413 g/mol. The lowest BCUT2D eigenvalue weighted by atomic mass is 9.86. The molecule has 1 aromatic rings. The fraction of sp³-hybridized carbons (Fsp3) is 0.737. The van der Waals surface area contributed by atoms with Crippen LogP contribution in [0.3, 0.4) is 0 Å². The van der Waals surface area contributed by atoms with Crippen LogP contribution >= 0.6 is 0 Å². The predicted octanol–water partition coefficient (Wildman–Crippen LogP) is 1.93. The second-order valence-electron chi connectivity index (χ2n) is 7.75. The minimum absolute atomic E-state index is 0.207. The minimum atomic E-state index is -1.41. The molecule has 0 radical (unpaired) electrons. The highest BCUT2D eigenvalue weighted by molar-refractivity contribution is 5.83. The highest BCUT2D eigenvalue weighted by Crippen LogP contribution is 2.29. The maximum atomic E-state index is 14.3. The van der Waals surface area contributed by atoms with Crippen molar-refractivity contribution in [3.63, 3.8) is 0 Å². The van der Waals surface area contributed by atoms with Crippen LogP contribution in [0.1, 0.15) is 58.1 Å². The van der Waals surface area contributed by atoms with E-state index in [1.54, 1.807) is 0 Å². The van der Waals surface area contributed by atoms with Gasteiger partial charge in [0.05, 0.1) is 18.9 Å². The minimum Gasteiger partial charge on any atom is -0.449 e. The van der Waals surface area contributed by atoms with E-state index in [2.05, 4.69) is 10.3 Å². The molecule has 1 aromatic heterocycles. The van der Waals surface area contributed by atoms with Crippen molar-refractivity contribution in [2.75, 3.05) is 11.9 Å². The van der Waals surface area contributed by atoms with Gasteiger partial charge in [0.1, 0.15) is 12.2 Å². The van der Waals surface area contributed by atoms with Crippen LogP contribution in [0, 0.1) is 11.7 Å². The predicted molar refractivity (Wildman–Crippen MR) is 101 cm³/mol. The van der Waals surface area contributed by atoms with E-state index < -0.39 is 48.0 Å². The molecule has 0 unspecified atom stereocenters. The number of aromatic nitrogens is 2. The molecule has 1 saturated carbocycles. The summed E-state index contributed by atoms with van der Waals surface area (Å²) >= 11 is 0. The molecule has 9 nitrogen and oxygen atoms in total. The number of anilines is 1. The molecule has 10 heteroatoms. The van der Waals surface area contributed by atoms with Crippen LogP contribution in [0.15, 0.2) is 11.0 Å². The number of carbonyl (C=O) groups excluding carboxylic acids is 1. The lowest BCUT2D eigenvalue weighted by Gasteiger charge is -2.21. The molecule has 0 spiro atoms. The third kappa shape index (κ3) is 5.31. The molecule has 1 aliphatic heterocycles. The van der Waals surface area contributed by atoms with E-state index in [0.29, 0.717) is 5.92 Å². The number of halogens is 1. The van der Waals surface area contributed by atoms with Crippen molar-refractivity contribution in [3.8, 4) is 0 Å². The highest BCUT2D eigenvalue weighted by atomic mass is 19.1. The second kappa shape index (κ2) is 9.64. The molecule has 3 rings (SSSR count). The topological polar surface area (TPSA) is 123 Å². The summed E-state index contributed by atoms with van der Waals surface area (Å²) in [5, 5.41) is 21.8. The van der Waals surface area contributed by atoms with Crippen LogP contribution in [-0.4, -0.2) is 50.8 Å². The third-order valence-electron chi connectivity index (χ3n) is 5.59. The summed E-state index contributed by atoms with van der Waals surface area (Å²) in [6.07, 6.45) is 3.21. The number of rotatable bonds is 6. The molecular formula is C19H28FN3O6. The van der Waals surface area contributed by atoms with Crippen LogP contribution in [0.5, 0.6) is 0 Å². The van der Waals surface area contributed by atoms with Crippen LogP contribution < -0.4 is 11.0 Å². The molecule has 4 atom stereocenters. The number of hydrogen-bond acceptors (Lipinski definition) is 7. The average Bonchev–Trinajstić information content (AvgIpc) is 2.96. The standard InChI is InChI=1S/C19H28FN3O6/c1-11-14(24)15(25)17(29-11)23-10-13(20)16(21-18(23)26)22-19(27)28-9-5-8-12-6-3-2-4-7-12/h10-12,14-15,17,24-25H,2-9H2,1H3,(H,21,22,26,27)/t11-,14-,15-,17-/m1/s1. The summed E-state index contributed by atoms with van der Waals surface area (Å²) in [6, 6.07) is 0. The summed E-state index contributed by atoms with van der Waals surface area (Å²) in [5.74, 6) is -0.880. The molecule has 2 heterocycles. The molecule has 162 valence electrons. The van der Waals surface area contributed by atoms with E-state index in [1.807, 2.05) is 0 Å². The molecule has 0 bridgehead atoms. The maximum absolute atomic E-state index is 14.3. The Labute approximate surface area is 167 Å². The Morgan fingerprint density at radius 1 is 1.34 bits per heavy atom. The van der Waals surface area contributed by atoms with E-state index >= 15 is 0 Å². The smallest absolute Gasteiger partial charge is 0.412 e. The lowest BCUT2D eigenvalue weighted by molar-refractivity contribution is -0.0355. The summed E-state index contributed by atoms with van der Waals surface area (Å²) in [5.41, 5.74) is -0.940. The Bertz CT molecular complexity index is 767. The molecule has 1 saturated heterocycles. The first-order valence-electron chi connectivity index (χ1n) is 10.1. The van der Waals surface area contributed by atoms with Crippen LogP contribution in [-0.2, 0) is 9.47 Å². The molecule has 2 aliphatic rings. The largest absolute Gasteiger partial charge is 0.449 e. The number of aliphatic hydroxyl groups is 2. The van der Waals surface area contributed by atoms with Gasteiger partial charge in [0.25, 0.3) is 0 Å². The summed E-state index contributed by atoms with van der Waals surface area (Å²) in [6.45, 7) is 1.72. The summed E-state index contributed by atoms with van der Waals surface area (Å²) < 4.78 is 25.4. The molecule has 3 N–H and O–H groups in total. The first kappa shape index (κ1) is 21.7. The monoisotopic (exact) mass is 413 g/mol. The van der Waals surface area contributed by atoms with Crippen molar-refractivity contribution < 1.29 is 28.9 Å². The van der Waals surface area contributed by atoms with Gasteiger partial charge in [-0.3, -0.25) is 9.88 Å². The van der Waals surface area contributed by atoms with Crippen molar-refractivity contribution in [2.45, 2.75) is 76.4 Å². The molecule has 1 aliphatic carbocycles. The molecule has 1 amide bonds. The number of ether oxygens (including phenoxy) is 2. The van der Waals surface area contributed by atoms with Gasteiger partial charge in [0.2, 0.25) is 0 Å². The van der Waals surface area contributed by atoms with E-state index in [0.717, 1.165) is 23.6 Å². The van der Waals surface area contributed by atoms with Crippen molar-refractivity contribution in [2.24, 2.45) is 5.92 Å². The van der Waals surface area contributed by atoms with Gasteiger partial charge in [-0.15, -0.1) is 0 Å². The lowest BCUT2D eigenvalue weighted by Crippen LogP contribution is -2.36. The SMILES string of the molecule is C[C@H]1O[C@@H](n2cc(F)c(NC(=O)OCCCC3CCCCC3)nc2=O)[C@H](O)[C@@H]1O. The number of nitrogens with zero attached hydrogens (tertiary/aromatic N) is 2. The van der Waals surface area contributed by atoms with Gasteiger partial charge >= 0.3 is 11.8 Å².